The van der Waals surface area contributed by atoms with Gasteiger partial charge in [-0.1, -0.05) is 51.8 Å². The van der Waals surface area contributed by atoms with Crippen molar-refractivity contribution in [3.63, 3.8) is 0 Å². The number of unbranched alkanes of at least 4 members (excludes halogenated alkanes) is 1. The monoisotopic (exact) mass is 460 g/mol. The Bertz CT molecular complexity index is 838. The second-order valence-corrected chi connectivity index (χ2v) is 9.24. The summed E-state index contributed by atoms with van der Waals surface area (Å²) >= 11 is 0. The molecule has 0 bridgehead atoms. The maximum atomic E-state index is 13.3. The number of aliphatic hydroxyl groups excluding tert-OH is 1. The van der Waals surface area contributed by atoms with Gasteiger partial charge in [-0.15, -0.1) is 6.58 Å². The van der Waals surface area contributed by atoms with Crippen LogP contribution >= 0.6 is 0 Å². The number of hydrogen-bond donors (Lipinski definition) is 4. The molecule has 33 heavy (non-hydrogen) atoms. The molecule has 0 unspecified atom stereocenters. The molecule has 0 radical (unpaired) electrons. The average Bonchev–Trinajstić information content (AvgIpc) is 2.72. The molecule has 0 saturated heterocycles. The van der Waals surface area contributed by atoms with E-state index in [1.54, 1.807) is 6.07 Å². The van der Waals surface area contributed by atoms with Crippen molar-refractivity contribution in [2.75, 3.05) is 35.6 Å². The molecule has 0 fully saturated rings. The lowest BCUT2D eigenvalue weighted by Gasteiger charge is -2.14. The van der Waals surface area contributed by atoms with E-state index in [9.17, 15) is 4.39 Å². The molecule has 1 aromatic heterocycles. The van der Waals surface area contributed by atoms with Gasteiger partial charge in [0.2, 0.25) is 17.8 Å². The van der Waals surface area contributed by atoms with Gasteiger partial charge >= 0.3 is 0 Å². The summed E-state index contributed by atoms with van der Waals surface area (Å²) in [5.74, 6) is 1.21. The van der Waals surface area contributed by atoms with Crippen LogP contribution in [-0.2, 0) is 6.54 Å². The van der Waals surface area contributed by atoms with E-state index in [1.807, 2.05) is 13.0 Å². The van der Waals surface area contributed by atoms with Crippen molar-refractivity contribution in [1.29, 1.82) is 0 Å². The van der Waals surface area contributed by atoms with Crippen LogP contribution in [0.15, 0.2) is 36.4 Å². The Hall–Kier alpha value is -2.74. The van der Waals surface area contributed by atoms with Crippen LogP contribution in [0.4, 0.5) is 22.2 Å². The lowest BCUT2D eigenvalue weighted by Crippen LogP contribution is -2.13. The summed E-state index contributed by atoms with van der Waals surface area (Å²) in [5, 5.41) is 17.9. The molecule has 7 nitrogen and oxygen atoms in total. The Morgan fingerprint density at radius 1 is 1.03 bits per heavy atom. The summed E-state index contributed by atoms with van der Waals surface area (Å²) in [7, 11) is 0. The number of aromatic nitrogens is 3. The van der Waals surface area contributed by atoms with Crippen LogP contribution in [0.3, 0.4) is 0 Å². The molecule has 0 atom stereocenters. The van der Waals surface area contributed by atoms with Gasteiger partial charge in [0.05, 0.1) is 0 Å². The molecule has 0 spiro atoms. The van der Waals surface area contributed by atoms with Crippen LogP contribution in [0.1, 0.15) is 65.9 Å². The van der Waals surface area contributed by atoms with E-state index < -0.39 is 0 Å². The molecule has 8 heteroatoms. The highest BCUT2D eigenvalue weighted by Gasteiger charge is 2.07. The average molecular weight is 461 g/mol. The topological polar surface area (TPSA) is 95.0 Å². The number of benzene rings is 1. The third-order valence-electron chi connectivity index (χ3n) is 4.49. The normalized spacial score (nSPS) is 10.8. The fourth-order valence-corrected chi connectivity index (χ4v) is 2.54. The summed E-state index contributed by atoms with van der Waals surface area (Å²) in [6.45, 7) is 16.6. The van der Waals surface area contributed by atoms with Gasteiger partial charge < -0.3 is 21.1 Å². The van der Waals surface area contributed by atoms with Gasteiger partial charge in [0.25, 0.3) is 0 Å². The van der Waals surface area contributed by atoms with Crippen LogP contribution in [0.5, 0.6) is 0 Å². The summed E-state index contributed by atoms with van der Waals surface area (Å²) in [6, 6.07) is 6.44. The molecule has 4 N–H and O–H groups in total. The smallest absolute Gasteiger partial charge is 0.229 e. The molecule has 0 aliphatic carbocycles. The van der Waals surface area contributed by atoms with Crippen LogP contribution in [0.2, 0.25) is 0 Å². The first-order chi connectivity index (χ1) is 15.6. The molecular weight excluding hydrogens is 419 g/mol. The van der Waals surface area contributed by atoms with E-state index in [0.29, 0.717) is 43.0 Å². The van der Waals surface area contributed by atoms with Crippen molar-refractivity contribution in [2.24, 2.45) is 5.41 Å². The molecule has 0 aliphatic heterocycles. The Morgan fingerprint density at radius 2 is 1.64 bits per heavy atom. The van der Waals surface area contributed by atoms with Gasteiger partial charge in [0.15, 0.2) is 0 Å². The fourth-order valence-electron chi connectivity index (χ4n) is 2.54. The molecule has 2 rings (SSSR count). The van der Waals surface area contributed by atoms with Crippen molar-refractivity contribution in [2.45, 2.75) is 66.8 Å². The molecule has 0 amide bonds. The minimum Gasteiger partial charge on any atom is -0.396 e. The second kappa shape index (κ2) is 15.2. The van der Waals surface area contributed by atoms with Crippen molar-refractivity contribution in [1.82, 2.24) is 15.0 Å². The van der Waals surface area contributed by atoms with E-state index in [1.165, 1.54) is 12.1 Å². The molecule has 0 saturated carbocycles. The zero-order valence-electron chi connectivity index (χ0n) is 20.8. The van der Waals surface area contributed by atoms with E-state index in [4.69, 9.17) is 5.11 Å². The van der Waals surface area contributed by atoms with Crippen molar-refractivity contribution in [3.8, 4) is 0 Å². The first kappa shape index (κ1) is 28.3. The van der Waals surface area contributed by atoms with Crippen molar-refractivity contribution in [3.05, 3.63) is 47.8 Å². The minimum absolute atomic E-state index is 0.260. The van der Waals surface area contributed by atoms with Crippen molar-refractivity contribution < 1.29 is 9.50 Å². The maximum Gasteiger partial charge on any atom is 0.229 e. The Balaban J connectivity index is 0.000000675. The van der Waals surface area contributed by atoms with Gasteiger partial charge in [0.1, 0.15) is 5.82 Å². The Morgan fingerprint density at radius 3 is 2.12 bits per heavy atom. The summed E-state index contributed by atoms with van der Waals surface area (Å²) < 4.78 is 13.3. The van der Waals surface area contributed by atoms with Crippen molar-refractivity contribution >= 4 is 17.8 Å². The molecule has 1 heterocycles. The van der Waals surface area contributed by atoms with Gasteiger partial charge in [-0.2, -0.15) is 15.0 Å². The summed E-state index contributed by atoms with van der Waals surface area (Å²) in [6.07, 6.45) is 3.87. The molecule has 2 aromatic rings. The largest absolute Gasteiger partial charge is 0.396 e. The predicted molar refractivity (Wildman–Crippen MR) is 136 cm³/mol. The molecule has 0 aliphatic rings. The highest BCUT2D eigenvalue weighted by molar-refractivity contribution is 5.42. The number of halogens is 1. The highest BCUT2D eigenvalue weighted by Crippen LogP contribution is 2.16. The number of anilines is 3. The van der Waals surface area contributed by atoms with Crippen LogP contribution in [0, 0.1) is 11.2 Å². The Labute approximate surface area is 198 Å². The molecular formula is C25H41FN6O. The van der Waals surface area contributed by atoms with Gasteiger partial charge in [-0.25, -0.2) is 4.39 Å². The zero-order valence-corrected chi connectivity index (χ0v) is 20.8. The molecule has 184 valence electrons. The third kappa shape index (κ3) is 14.1. The lowest BCUT2D eigenvalue weighted by molar-refractivity contribution is 0.225. The SMILES string of the molecule is C=C(C)CCNc1nc(NCCCC)nc(NCc2cccc(F)c2)n1.CC(C)(C)CCO. The van der Waals surface area contributed by atoms with E-state index in [2.05, 4.69) is 65.2 Å². The third-order valence-corrected chi connectivity index (χ3v) is 4.49. The summed E-state index contributed by atoms with van der Waals surface area (Å²) in [4.78, 5) is 13.2. The number of rotatable bonds is 12. The Kier molecular flexibility index (Phi) is 13.0. The number of hydrogen-bond acceptors (Lipinski definition) is 7. The lowest BCUT2D eigenvalue weighted by atomic mass is 9.93. The first-order valence-corrected chi connectivity index (χ1v) is 11.6. The quantitative estimate of drug-likeness (QED) is 0.241. The first-order valence-electron chi connectivity index (χ1n) is 11.6. The van der Waals surface area contributed by atoms with E-state index >= 15 is 0 Å². The van der Waals surface area contributed by atoms with Crippen LogP contribution in [0.25, 0.3) is 0 Å². The van der Waals surface area contributed by atoms with Crippen LogP contribution in [-0.4, -0.2) is 39.8 Å². The number of nitrogens with zero attached hydrogens (tertiary/aromatic N) is 3. The second-order valence-electron chi connectivity index (χ2n) is 9.24. The fraction of sp³-hybridized carbons (Fsp3) is 0.560. The summed E-state index contributed by atoms with van der Waals surface area (Å²) in [5.41, 5.74) is 2.22. The van der Waals surface area contributed by atoms with Gasteiger partial charge in [-0.05, 0) is 49.3 Å². The van der Waals surface area contributed by atoms with E-state index in [0.717, 1.165) is 43.4 Å². The highest BCUT2D eigenvalue weighted by atomic mass is 19.1. The van der Waals surface area contributed by atoms with E-state index in [-0.39, 0.29) is 5.82 Å². The molecule has 1 aromatic carbocycles. The minimum atomic E-state index is -0.260. The number of nitrogens with one attached hydrogen (secondary N) is 3. The standard InChI is InChI=1S/C19H27FN6.C6H14O/c1-4-5-10-21-17-24-18(22-11-9-14(2)3)26-19(25-17)23-13-15-7-6-8-16(20)12-15;1-6(2,3)4-5-7/h6-8,12H,2,4-5,9-11,13H2,1,3H3,(H3,21,22,23,24,25,26);7H,4-5H2,1-3H3. The van der Waals surface area contributed by atoms with Gasteiger partial charge in [0, 0.05) is 26.2 Å². The van der Waals surface area contributed by atoms with Crippen LogP contribution < -0.4 is 16.0 Å². The zero-order chi connectivity index (χ0) is 24.7. The van der Waals surface area contributed by atoms with Gasteiger partial charge in [-0.3, -0.25) is 0 Å². The maximum absolute atomic E-state index is 13.3. The number of aliphatic hydroxyl groups is 1. The predicted octanol–water partition coefficient (Wildman–Crippen LogP) is 5.63.